The number of nitrogens with zero attached hydrogens (tertiary/aromatic N) is 2. The van der Waals surface area contributed by atoms with Crippen LogP contribution in [0.25, 0.3) is 0 Å². The molecule has 80 valence electrons. The van der Waals surface area contributed by atoms with Crippen molar-refractivity contribution in [1.29, 1.82) is 0 Å². The van der Waals surface area contributed by atoms with E-state index in [1.54, 1.807) is 21.5 Å². The van der Waals surface area contributed by atoms with Gasteiger partial charge in [-0.05, 0) is 19.8 Å². The van der Waals surface area contributed by atoms with E-state index in [-0.39, 0.29) is 24.3 Å². The number of aromatic nitrogens is 2. The summed E-state index contributed by atoms with van der Waals surface area (Å²) in [6.45, 7) is 6.55. The van der Waals surface area contributed by atoms with Gasteiger partial charge in [0.2, 0.25) is 0 Å². The Kier molecular flexibility index (Phi) is 3.52. The van der Waals surface area contributed by atoms with Gasteiger partial charge in [0.25, 0.3) is 0 Å². The number of aliphatic hydroxyl groups excluding tert-OH is 1. The molecule has 1 aromatic heterocycles. The van der Waals surface area contributed by atoms with Crippen molar-refractivity contribution in [3.8, 4) is 0 Å². The molecule has 0 fully saturated rings. The van der Waals surface area contributed by atoms with Crippen molar-refractivity contribution < 1.29 is 5.11 Å². The zero-order valence-corrected chi connectivity index (χ0v) is 8.97. The standard InChI is InChI=1S/C10H18N2O2/c1-8(2)12-5-4-11(10(12)14)6-9(3)7-13/h4-5,8-9,13H,6-7H2,1-3H3. The van der Waals surface area contributed by atoms with Crippen LogP contribution >= 0.6 is 0 Å². The molecule has 0 aliphatic heterocycles. The van der Waals surface area contributed by atoms with Crippen LogP contribution in [0.15, 0.2) is 17.2 Å². The zero-order valence-electron chi connectivity index (χ0n) is 8.97. The molecule has 1 rings (SSSR count). The molecule has 1 aromatic rings. The van der Waals surface area contributed by atoms with Gasteiger partial charge < -0.3 is 5.11 Å². The van der Waals surface area contributed by atoms with E-state index in [0.717, 1.165) is 0 Å². The van der Waals surface area contributed by atoms with Gasteiger partial charge in [-0.3, -0.25) is 9.13 Å². The van der Waals surface area contributed by atoms with Crippen molar-refractivity contribution in [3.05, 3.63) is 22.9 Å². The summed E-state index contributed by atoms with van der Waals surface area (Å²) in [4.78, 5) is 11.7. The fourth-order valence-corrected chi connectivity index (χ4v) is 1.35. The van der Waals surface area contributed by atoms with Gasteiger partial charge in [0.05, 0.1) is 0 Å². The van der Waals surface area contributed by atoms with E-state index in [2.05, 4.69) is 0 Å². The number of imidazole rings is 1. The summed E-state index contributed by atoms with van der Waals surface area (Å²) in [6.07, 6.45) is 3.56. The lowest BCUT2D eigenvalue weighted by Gasteiger charge is -2.08. The first-order chi connectivity index (χ1) is 6.56. The van der Waals surface area contributed by atoms with E-state index in [1.807, 2.05) is 20.8 Å². The van der Waals surface area contributed by atoms with Gasteiger partial charge in [-0.1, -0.05) is 6.92 Å². The first-order valence-corrected chi connectivity index (χ1v) is 4.94. The Bertz CT molecular complexity index is 338. The van der Waals surface area contributed by atoms with Crippen molar-refractivity contribution in [2.45, 2.75) is 33.4 Å². The lowest BCUT2D eigenvalue weighted by Crippen LogP contribution is -2.27. The smallest absolute Gasteiger partial charge is 0.328 e. The minimum Gasteiger partial charge on any atom is -0.396 e. The second kappa shape index (κ2) is 4.46. The van der Waals surface area contributed by atoms with Crippen molar-refractivity contribution in [2.75, 3.05) is 6.61 Å². The highest BCUT2D eigenvalue weighted by atomic mass is 16.3. The van der Waals surface area contributed by atoms with E-state index in [4.69, 9.17) is 5.11 Å². The summed E-state index contributed by atoms with van der Waals surface area (Å²) in [6, 6.07) is 0.188. The molecule has 4 nitrogen and oxygen atoms in total. The van der Waals surface area contributed by atoms with Crippen molar-refractivity contribution >= 4 is 0 Å². The van der Waals surface area contributed by atoms with Crippen LogP contribution in [0.3, 0.4) is 0 Å². The summed E-state index contributed by atoms with van der Waals surface area (Å²) in [7, 11) is 0. The molecule has 0 aromatic carbocycles. The van der Waals surface area contributed by atoms with Crippen LogP contribution in [-0.4, -0.2) is 20.8 Å². The molecule has 0 amide bonds. The summed E-state index contributed by atoms with van der Waals surface area (Å²) in [5, 5.41) is 8.88. The number of rotatable bonds is 4. The first kappa shape index (κ1) is 11.0. The van der Waals surface area contributed by atoms with Crippen LogP contribution in [-0.2, 0) is 6.54 Å². The Labute approximate surface area is 83.8 Å². The topological polar surface area (TPSA) is 47.2 Å². The predicted octanol–water partition coefficient (Wildman–Crippen LogP) is 0.859. The largest absolute Gasteiger partial charge is 0.396 e. The summed E-state index contributed by atoms with van der Waals surface area (Å²) >= 11 is 0. The molecule has 0 spiro atoms. The molecule has 0 aliphatic rings. The van der Waals surface area contributed by atoms with Crippen LogP contribution in [0.2, 0.25) is 0 Å². The van der Waals surface area contributed by atoms with Gasteiger partial charge in [0.15, 0.2) is 0 Å². The maximum absolute atomic E-state index is 11.7. The Morgan fingerprint density at radius 3 is 2.43 bits per heavy atom. The summed E-state index contributed by atoms with van der Waals surface area (Å²) in [5.74, 6) is 0.121. The van der Waals surface area contributed by atoms with E-state index < -0.39 is 0 Å². The highest BCUT2D eigenvalue weighted by molar-refractivity contribution is 4.84. The Morgan fingerprint density at radius 2 is 2.00 bits per heavy atom. The molecular weight excluding hydrogens is 180 g/mol. The molecule has 0 radical (unpaired) electrons. The van der Waals surface area contributed by atoms with Crippen LogP contribution in [0, 0.1) is 5.92 Å². The van der Waals surface area contributed by atoms with E-state index in [9.17, 15) is 4.79 Å². The summed E-state index contributed by atoms with van der Waals surface area (Å²) in [5.41, 5.74) is 0.000278. The molecule has 1 N–H and O–H groups in total. The van der Waals surface area contributed by atoms with Crippen molar-refractivity contribution in [1.82, 2.24) is 9.13 Å². The number of hydrogen-bond donors (Lipinski definition) is 1. The van der Waals surface area contributed by atoms with Gasteiger partial charge in [-0.2, -0.15) is 0 Å². The van der Waals surface area contributed by atoms with E-state index >= 15 is 0 Å². The molecule has 4 heteroatoms. The number of aliphatic hydroxyl groups is 1. The monoisotopic (exact) mass is 198 g/mol. The lowest BCUT2D eigenvalue weighted by atomic mass is 10.2. The molecule has 1 atom stereocenters. The highest BCUT2D eigenvalue weighted by Crippen LogP contribution is 2.01. The average Bonchev–Trinajstić information content (AvgIpc) is 2.48. The molecular formula is C10H18N2O2. The quantitative estimate of drug-likeness (QED) is 0.780. The SMILES string of the molecule is CC(CO)Cn1ccn(C(C)C)c1=O. The maximum Gasteiger partial charge on any atom is 0.328 e. The molecule has 0 saturated heterocycles. The van der Waals surface area contributed by atoms with Gasteiger partial charge >= 0.3 is 5.69 Å². The van der Waals surface area contributed by atoms with Crippen LogP contribution in [0.1, 0.15) is 26.8 Å². The fraction of sp³-hybridized carbons (Fsp3) is 0.700. The van der Waals surface area contributed by atoms with E-state index in [1.165, 1.54) is 0 Å². The van der Waals surface area contributed by atoms with Gasteiger partial charge in [0.1, 0.15) is 0 Å². The first-order valence-electron chi connectivity index (χ1n) is 4.94. The van der Waals surface area contributed by atoms with Gasteiger partial charge in [0, 0.05) is 31.6 Å². The maximum atomic E-state index is 11.7. The van der Waals surface area contributed by atoms with Gasteiger partial charge in [-0.15, -0.1) is 0 Å². The third-order valence-electron chi connectivity index (χ3n) is 2.25. The number of hydrogen-bond acceptors (Lipinski definition) is 2. The zero-order chi connectivity index (χ0) is 10.7. The third-order valence-corrected chi connectivity index (χ3v) is 2.25. The Morgan fingerprint density at radius 1 is 1.36 bits per heavy atom. The summed E-state index contributed by atoms with van der Waals surface area (Å²) < 4.78 is 3.32. The van der Waals surface area contributed by atoms with E-state index in [0.29, 0.717) is 6.54 Å². The molecule has 1 heterocycles. The van der Waals surface area contributed by atoms with Crippen LogP contribution < -0.4 is 5.69 Å². The van der Waals surface area contributed by atoms with Crippen LogP contribution in [0.5, 0.6) is 0 Å². The third kappa shape index (κ3) is 2.26. The second-order valence-electron chi connectivity index (χ2n) is 4.02. The molecule has 1 unspecified atom stereocenters. The Balaban J connectivity index is 2.85. The average molecular weight is 198 g/mol. The normalized spacial score (nSPS) is 13.5. The molecule has 0 aliphatic carbocycles. The van der Waals surface area contributed by atoms with Crippen LogP contribution in [0.4, 0.5) is 0 Å². The highest BCUT2D eigenvalue weighted by Gasteiger charge is 2.08. The minimum atomic E-state index is 0.000278. The fourth-order valence-electron chi connectivity index (χ4n) is 1.35. The lowest BCUT2D eigenvalue weighted by molar-refractivity contribution is 0.221. The molecule has 0 bridgehead atoms. The minimum absolute atomic E-state index is 0.000278. The second-order valence-corrected chi connectivity index (χ2v) is 4.02. The predicted molar refractivity (Wildman–Crippen MR) is 55.3 cm³/mol. The van der Waals surface area contributed by atoms with Crippen molar-refractivity contribution in [2.24, 2.45) is 5.92 Å². The van der Waals surface area contributed by atoms with Gasteiger partial charge in [-0.25, -0.2) is 4.79 Å². The molecule has 14 heavy (non-hydrogen) atoms. The Hall–Kier alpha value is -1.03. The van der Waals surface area contributed by atoms with Crippen molar-refractivity contribution in [3.63, 3.8) is 0 Å². The molecule has 0 saturated carbocycles.